The van der Waals surface area contributed by atoms with Crippen LogP contribution in [0.4, 0.5) is 14.5 Å². The number of rotatable bonds is 4. The summed E-state index contributed by atoms with van der Waals surface area (Å²) in [6, 6.07) is 7.13. The van der Waals surface area contributed by atoms with Crippen molar-refractivity contribution in [2.75, 3.05) is 4.72 Å². The van der Waals surface area contributed by atoms with E-state index in [4.69, 9.17) is 5.11 Å². The van der Waals surface area contributed by atoms with Crippen LogP contribution < -0.4 is 4.72 Å². The minimum atomic E-state index is -4.03. The summed E-state index contributed by atoms with van der Waals surface area (Å²) >= 11 is 0. The number of hydrogen-bond donors (Lipinski definition) is 2. The predicted molar refractivity (Wildman–Crippen MR) is 74.3 cm³/mol. The fraction of sp³-hybridized carbons (Fsp3) is 0.143. The van der Waals surface area contributed by atoms with Gasteiger partial charge in [0, 0.05) is 6.07 Å². The first kappa shape index (κ1) is 15.4. The van der Waals surface area contributed by atoms with Gasteiger partial charge in [0.1, 0.15) is 11.6 Å². The van der Waals surface area contributed by atoms with Crippen molar-refractivity contribution >= 4 is 15.7 Å². The summed E-state index contributed by atoms with van der Waals surface area (Å²) in [6.07, 6.45) is 0. The number of aliphatic hydroxyl groups excluding tert-OH is 1. The first-order chi connectivity index (χ1) is 9.83. The van der Waals surface area contributed by atoms with Crippen LogP contribution in [0.15, 0.2) is 41.3 Å². The lowest BCUT2D eigenvalue weighted by Crippen LogP contribution is -2.14. The SMILES string of the molecule is Cc1cc(F)c(NS(=O)(=O)c2ccc(CO)cc2)cc1F. The largest absolute Gasteiger partial charge is 0.392 e. The molecule has 2 rings (SSSR count). The van der Waals surface area contributed by atoms with Gasteiger partial charge in [-0.1, -0.05) is 12.1 Å². The number of aliphatic hydroxyl groups is 1. The molecule has 4 nitrogen and oxygen atoms in total. The van der Waals surface area contributed by atoms with Crippen molar-refractivity contribution in [1.82, 2.24) is 0 Å². The van der Waals surface area contributed by atoms with Gasteiger partial charge in [-0.3, -0.25) is 4.72 Å². The lowest BCUT2D eigenvalue weighted by molar-refractivity contribution is 0.282. The normalized spacial score (nSPS) is 11.4. The van der Waals surface area contributed by atoms with E-state index in [2.05, 4.69) is 0 Å². The maximum absolute atomic E-state index is 13.7. The predicted octanol–water partition coefficient (Wildman–Crippen LogP) is 2.57. The third-order valence-corrected chi connectivity index (χ3v) is 4.29. The van der Waals surface area contributed by atoms with Crippen molar-refractivity contribution in [3.05, 3.63) is 59.2 Å². The van der Waals surface area contributed by atoms with Crippen LogP contribution in [-0.4, -0.2) is 13.5 Å². The van der Waals surface area contributed by atoms with E-state index in [-0.39, 0.29) is 17.1 Å². The highest BCUT2D eigenvalue weighted by Crippen LogP contribution is 2.22. The number of hydrogen-bond acceptors (Lipinski definition) is 3. The van der Waals surface area contributed by atoms with Crippen LogP contribution in [0.2, 0.25) is 0 Å². The highest BCUT2D eigenvalue weighted by Gasteiger charge is 2.17. The van der Waals surface area contributed by atoms with Crippen LogP contribution >= 0.6 is 0 Å². The van der Waals surface area contributed by atoms with E-state index >= 15 is 0 Å². The van der Waals surface area contributed by atoms with Crippen LogP contribution in [0.1, 0.15) is 11.1 Å². The van der Waals surface area contributed by atoms with Gasteiger partial charge in [0.15, 0.2) is 0 Å². The lowest BCUT2D eigenvalue weighted by atomic mass is 10.2. The Bertz CT molecular complexity index is 759. The molecule has 0 aliphatic rings. The zero-order valence-electron chi connectivity index (χ0n) is 11.1. The molecule has 2 aromatic rings. The quantitative estimate of drug-likeness (QED) is 0.911. The first-order valence-electron chi connectivity index (χ1n) is 6.02. The van der Waals surface area contributed by atoms with E-state index < -0.39 is 27.3 Å². The van der Waals surface area contributed by atoms with Gasteiger partial charge in [0.2, 0.25) is 0 Å². The molecule has 0 fully saturated rings. The second-order valence-corrected chi connectivity index (χ2v) is 6.17. The van der Waals surface area contributed by atoms with Gasteiger partial charge in [0.05, 0.1) is 17.2 Å². The molecule has 0 heterocycles. The molecule has 0 atom stereocenters. The van der Waals surface area contributed by atoms with E-state index in [9.17, 15) is 17.2 Å². The van der Waals surface area contributed by atoms with Crippen molar-refractivity contribution in [2.45, 2.75) is 18.4 Å². The number of sulfonamides is 1. The Morgan fingerprint density at radius 1 is 1.10 bits per heavy atom. The summed E-state index contributed by atoms with van der Waals surface area (Å²) in [5, 5.41) is 8.90. The zero-order chi connectivity index (χ0) is 15.6. The van der Waals surface area contributed by atoms with E-state index in [1.807, 2.05) is 4.72 Å². The van der Waals surface area contributed by atoms with Crippen LogP contribution in [-0.2, 0) is 16.6 Å². The van der Waals surface area contributed by atoms with Crippen LogP contribution in [0.3, 0.4) is 0 Å². The van der Waals surface area contributed by atoms with Crippen molar-refractivity contribution in [3.63, 3.8) is 0 Å². The Balaban J connectivity index is 2.34. The van der Waals surface area contributed by atoms with E-state index in [0.29, 0.717) is 5.56 Å². The Morgan fingerprint density at radius 2 is 1.71 bits per heavy atom. The van der Waals surface area contributed by atoms with Crippen LogP contribution in [0, 0.1) is 18.6 Å². The standard InChI is InChI=1S/C14H13F2NO3S/c1-9-6-13(16)14(7-12(9)15)17-21(19,20)11-4-2-10(8-18)3-5-11/h2-7,17-18H,8H2,1H3. The van der Waals surface area contributed by atoms with E-state index in [0.717, 1.165) is 12.1 Å². The second-order valence-electron chi connectivity index (χ2n) is 4.49. The molecule has 2 aromatic carbocycles. The number of halogens is 2. The molecule has 0 amide bonds. The highest BCUT2D eigenvalue weighted by molar-refractivity contribution is 7.92. The van der Waals surface area contributed by atoms with Gasteiger partial charge in [0.25, 0.3) is 10.0 Å². The van der Waals surface area contributed by atoms with Crippen molar-refractivity contribution in [2.24, 2.45) is 0 Å². The Kier molecular flexibility index (Phi) is 4.24. The lowest BCUT2D eigenvalue weighted by Gasteiger charge is -2.10. The minimum Gasteiger partial charge on any atom is -0.392 e. The molecule has 0 aliphatic heterocycles. The Morgan fingerprint density at radius 3 is 2.29 bits per heavy atom. The third-order valence-electron chi connectivity index (χ3n) is 2.91. The average Bonchev–Trinajstić information content (AvgIpc) is 2.44. The molecule has 112 valence electrons. The molecule has 0 saturated heterocycles. The van der Waals surface area contributed by atoms with Crippen molar-refractivity contribution in [3.8, 4) is 0 Å². The molecule has 0 radical (unpaired) electrons. The van der Waals surface area contributed by atoms with Gasteiger partial charge in [-0.25, -0.2) is 17.2 Å². The molecular weight excluding hydrogens is 300 g/mol. The summed E-state index contributed by atoms with van der Waals surface area (Å²) in [5.74, 6) is -1.56. The highest BCUT2D eigenvalue weighted by atomic mass is 32.2. The summed E-state index contributed by atoms with van der Waals surface area (Å²) in [5.41, 5.74) is 0.175. The molecule has 0 aromatic heterocycles. The maximum atomic E-state index is 13.7. The number of aryl methyl sites for hydroxylation is 1. The maximum Gasteiger partial charge on any atom is 0.261 e. The van der Waals surface area contributed by atoms with Gasteiger partial charge in [-0.2, -0.15) is 0 Å². The number of benzene rings is 2. The smallest absolute Gasteiger partial charge is 0.261 e. The fourth-order valence-electron chi connectivity index (χ4n) is 1.70. The molecule has 21 heavy (non-hydrogen) atoms. The Hall–Kier alpha value is -1.99. The molecule has 7 heteroatoms. The van der Waals surface area contributed by atoms with E-state index in [1.165, 1.54) is 31.2 Å². The second kappa shape index (κ2) is 5.79. The van der Waals surface area contributed by atoms with Gasteiger partial charge in [-0.15, -0.1) is 0 Å². The summed E-state index contributed by atoms with van der Waals surface area (Å²) in [6.45, 7) is 1.16. The molecule has 2 N–H and O–H groups in total. The summed E-state index contributed by atoms with van der Waals surface area (Å²) < 4.78 is 53.3. The number of anilines is 1. The van der Waals surface area contributed by atoms with Crippen LogP contribution in [0.5, 0.6) is 0 Å². The van der Waals surface area contributed by atoms with Crippen LogP contribution in [0.25, 0.3) is 0 Å². The van der Waals surface area contributed by atoms with E-state index in [1.54, 1.807) is 0 Å². The van der Waals surface area contributed by atoms with Gasteiger partial charge < -0.3 is 5.11 Å². The van der Waals surface area contributed by atoms with Gasteiger partial charge in [-0.05, 0) is 36.2 Å². The Labute approximate surface area is 121 Å². The monoisotopic (exact) mass is 313 g/mol. The van der Waals surface area contributed by atoms with Gasteiger partial charge >= 0.3 is 0 Å². The van der Waals surface area contributed by atoms with Crippen molar-refractivity contribution < 1.29 is 22.3 Å². The average molecular weight is 313 g/mol. The molecule has 0 aliphatic carbocycles. The number of nitrogens with one attached hydrogen (secondary N) is 1. The summed E-state index contributed by atoms with van der Waals surface area (Å²) in [7, 11) is -4.03. The summed E-state index contributed by atoms with van der Waals surface area (Å²) in [4.78, 5) is -0.111. The molecule has 0 spiro atoms. The molecule has 0 bridgehead atoms. The first-order valence-corrected chi connectivity index (χ1v) is 7.50. The fourth-order valence-corrected chi connectivity index (χ4v) is 2.76. The molecular formula is C14H13F2NO3S. The topological polar surface area (TPSA) is 66.4 Å². The molecule has 0 unspecified atom stereocenters. The van der Waals surface area contributed by atoms with Crippen molar-refractivity contribution in [1.29, 1.82) is 0 Å². The third kappa shape index (κ3) is 3.37. The minimum absolute atomic E-state index is 0.0859. The molecule has 0 saturated carbocycles. The zero-order valence-corrected chi connectivity index (χ0v) is 11.9.